The summed E-state index contributed by atoms with van der Waals surface area (Å²) in [5.41, 5.74) is 7.59. The summed E-state index contributed by atoms with van der Waals surface area (Å²) in [6.45, 7) is 3.57. The molecule has 1 atom stereocenters. The van der Waals surface area contributed by atoms with Gasteiger partial charge in [0.15, 0.2) is 0 Å². The predicted molar refractivity (Wildman–Crippen MR) is 66.2 cm³/mol. The second-order valence-electron chi connectivity index (χ2n) is 4.09. The van der Waals surface area contributed by atoms with Crippen LogP contribution in [0, 0.1) is 25.5 Å². The third kappa shape index (κ3) is 2.37. The van der Waals surface area contributed by atoms with Gasteiger partial charge in [0, 0.05) is 16.5 Å². The van der Waals surface area contributed by atoms with Gasteiger partial charge in [-0.3, -0.25) is 0 Å². The van der Waals surface area contributed by atoms with Crippen LogP contribution in [0.3, 0.4) is 0 Å². The Kier molecular flexibility index (Phi) is 3.26. The van der Waals surface area contributed by atoms with Crippen LogP contribution in [0.15, 0.2) is 23.6 Å². The third-order valence-electron chi connectivity index (χ3n) is 2.72. The lowest BCUT2D eigenvalue weighted by Gasteiger charge is -2.12. The van der Waals surface area contributed by atoms with Crippen molar-refractivity contribution in [3.05, 3.63) is 56.8 Å². The predicted octanol–water partition coefficient (Wildman–Crippen LogP) is 3.69. The first-order valence-corrected chi connectivity index (χ1v) is 6.13. The minimum absolute atomic E-state index is 0.335. The molecule has 0 saturated carbocycles. The molecule has 4 heteroatoms. The van der Waals surface area contributed by atoms with Crippen molar-refractivity contribution in [2.24, 2.45) is 5.73 Å². The Morgan fingerprint density at radius 3 is 2.41 bits per heavy atom. The van der Waals surface area contributed by atoms with Crippen molar-refractivity contribution in [2.75, 3.05) is 0 Å². The summed E-state index contributed by atoms with van der Waals surface area (Å²) in [7, 11) is 0. The van der Waals surface area contributed by atoms with E-state index in [4.69, 9.17) is 5.73 Å². The van der Waals surface area contributed by atoms with Crippen molar-refractivity contribution in [2.45, 2.75) is 19.9 Å². The molecule has 1 nitrogen and oxygen atoms in total. The molecule has 2 aromatic rings. The fourth-order valence-electron chi connectivity index (χ4n) is 1.72. The van der Waals surface area contributed by atoms with E-state index in [9.17, 15) is 8.78 Å². The van der Waals surface area contributed by atoms with E-state index in [-0.39, 0.29) is 0 Å². The molecule has 0 spiro atoms. The summed E-state index contributed by atoms with van der Waals surface area (Å²) < 4.78 is 26.8. The van der Waals surface area contributed by atoms with Gasteiger partial charge in [0.2, 0.25) is 0 Å². The zero-order valence-corrected chi connectivity index (χ0v) is 10.4. The van der Waals surface area contributed by atoms with E-state index >= 15 is 0 Å². The first kappa shape index (κ1) is 12.2. The minimum Gasteiger partial charge on any atom is -0.320 e. The lowest BCUT2D eigenvalue weighted by atomic mass is 9.99. The molecule has 1 unspecified atom stereocenters. The standard InChI is InChI=1S/C13H13F2NS/c1-7-3-10(12(15)5-11(7)14)13(16)9-4-8(2)17-6-9/h3-6,13H,16H2,1-2H3. The number of halogens is 2. The average Bonchev–Trinajstić information content (AvgIpc) is 2.69. The van der Waals surface area contributed by atoms with Crippen molar-refractivity contribution >= 4 is 11.3 Å². The summed E-state index contributed by atoms with van der Waals surface area (Å²) in [4.78, 5) is 1.12. The molecule has 0 aliphatic rings. The van der Waals surface area contributed by atoms with Crippen molar-refractivity contribution in [3.63, 3.8) is 0 Å². The molecular formula is C13H13F2NS. The van der Waals surface area contributed by atoms with Crippen molar-refractivity contribution in [1.82, 2.24) is 0 Å². The van der Waals surface area contributed by atoms with Gasteiger partial charge in [-0.2, -0.15) is 0 Å². The van der Waals surface area contributed by atoms with Gasteiger partial charge in [-0.1, -0.05) is 0 Å². The summed E-state index contributed by atoms with van der Waals surface area (Å²) in [5.74, 6) is -1.13. The molecule has 0 aliphatic heterocycles. The maximum absolute atomic E-state index is 13.7. The highest BCUT2D eigenvalue weighted by Crippen LogP contribution is 2.27. The fraction of sp³-hybridized carbons (Fsp3) is 0.231. The van der Waals surface area contributed by atoms with Crippen LogP contribution in [0.4, 0.5) is 8.78 Å². The topological polar surface area (TPSA) is 26.0 Å². The largest absolute Gasteiger partial charge is 0.320 e. The molecular weight excluding hydrogens is 240 g/mol. The normalized spacial score (nSPS) is 12.8. The van der Waals surface area contributed by atoms with Crippen molar-refractivity contribution in [1.29, 1.82) is 0 Å². The zero-order chi connectivity index (χ0) is 12.6. The molecule has 90 valence electrons. The van der Waals surface area contributed by atoms with Gasteiger partial charge in [0.25, 0.3) is 0 Å². The van der Waals surface area contributed by atoms with Crippen LogP contribution in [0.5, 0.6) is 0 Å². The summed E-state index contributed by atoms with van der Waals surface area (Å²) in [5, 5.41) is 1.90. The summed E-state index contributed by atoms with van der Waals surface area (Å²) >= 11 is 1.56. The van der Waals surface area contributed by atoms with E-state index in [1.165, 1.54) is 6.07 Å². The Balaban J connectivity index is 2.43. The molecule has 0 amide bonds. The Hall–Kier alpha value is -1.26. The number of hydrogen-bond donors (Lipinski definition) is 1. The van der Waals surface area contributed by atoms with E-state index in [0.717, 1.165) is 16.5 Å². The monoisotopic (exact) mass is 253 g/mol. The SMILES string of the molecule is Cc1cc(C(N)c2cc(C)c(F)cc2F)cs1. The molecule has 1 aromatic carbocycles. The Bertz CT molecular complexity index is 548. The van der Waals surface area contributed by atoms with E-state index < -0.39 is 17.7 Å². The molecule has 1 heterocycles. The maximum Gasteiger partial charge on any atom is 0.131 e. The van der Waals surface area contributed by atoms with Crippen LogP contribution >= 0.6 is 11.3 Å². The zero-order valence-electron chi connectivity index (χ0n) is 9.63. The van der Waals surface area contributed by atoms with Gasteiger partial charge in [0.05, 0.1) is 6.04 Å². The number of hydrogen-bond acceptors (Lipinski definition) is 2. The van der Waals surface area contributed by atoms with Gasteiger partial charge in [0.1, 0.15) is 11.6 Å². The lowest BCUT2D eigenvalue weighted by Crippen LogP contribution is -2.13. The second-order valence-corrected chi connectivity index (χ2v) is 5.21. The van der Waals surface area contributed by atoms with Crippen molar-refractivity contribution < 1.29 is 8.78 Å². The number of aryl methyl sites for hydroxylation is 2. The Morgan fingerprint density at radius 2 is 1.82 bits per heavy atom. The molecule has 0 bridgehead atoms. The molecule has 17 heavy (non-hydrogen) atoms. The minimum atomic E-state index is -0.593. The molecule has 2 rings (SSSR count). The van der Waals surface area contributed by atoms with Crippen LogP contribution in [0.2, 0.25) is 0 Å². The molecule has 1 aromatic heterocycles. The Labute approximate surface area is 103 Å². The number of nitrogens with two attached hydrogens (primary N) is 1. The Morgan fingerprint density at radius 1 is 1.12 bits per heavy atom. The van der Waals surface area contributed by atoms with Crippen molar-refractivity contribution in [3.8, 4) is 0 Å². The fourth-order valence-corrected chi connectivity index (χ4v) is 2.47. The third-order valence-corrected chi connectivity index (χ3v) is 3.60. The molecule has 0 fully saturated rings. The van der Waals surface area contributed by atoms with Gasteiger partial charge >= 0.3 is 0 Å². The van der Waals surface area contributed by atoms with Gasteiger partial charge in [-0.25, -0.2) is 8.78 Å². The number of benzene rings is 1. The summed E-state index contributed by atoms with van der Waals surface area (Å²) in [6, 6.07) is 3.75. The number of rotatable bonds is 2. The van der Waals surface area contributed by atoms with Gasteiger partial charge in [-0.15, -0.1) is 11.3 Å². The molecule has 0 aliphatic carbocycles. The van der Waals surface area contributed by atoms with Gasteiger partial charge in [-0.05, 0) is 42.5 Å². The second kappa shape index (κ2) is 4.55. The van der Waals surface area contributed by atoms with Crippen LogP contribution in [0.1, 0.15) is 27.6 Å². The maximum atomic E-state index is 13.7. The smallest absolute Gasteiger partial charge is 0.131 e. The van der Waals surface area contributed by atoms with E-state index in [0.29, 0.717) is 11.1 Å². The highest BCUT2D eigenvalue weighted by atomic mass is 32.1. The highest BCUT2D eigenvalue weighted by Gasteiger charge is 2.16. The van der Waals surface area contributed by atoms with Gasteiger partial charge < -0.3 is 5.73 Å². The molecule has 0 saturated heterocycles. The number of thiophene rings is 1. The van der Waals surface area contributed by atoms with E-state index in [2.05, 4.69) is 0 Å². The molecule has 2 N–H and O–H groups in total. The highest BCUT2D eigenvalue weighted by molar-refractivity contribution is 7.10. The lowest BCUT2D eigenvalue weighted by molar-refractivity contribution is 0.561. The quantitative estimate of drug-likeness (QED) is 0.867. The van der Waals surface area contributed by atoms with Crippen LogP contribution in [-0.2, 0) is 0 Å². The van der Waals surface area contributed by atoms with E-state index in [1.54, 1.807) is 18.3 Å². The van der Waals surface area contributed by atoms with E-state index in [1.807, 2.05) is 18.4 Å². The first-order chi connectivity index (χ1) is 7.99. The first-order valence-electron chi connectivity index (χ1n) is 5.25. The average molecular weight is 253 g/mol. The van der Waals surface area contributed by atoms with Crippen LogP contribution in [-0.4, -0.2) is 0 Å². The molecule has 0 radical (unpaired) electrons. The van der Waals surface area contributed by atoms with Crippen LogP contribution in [0.25, 0.3) is 0 Å². The van der Waals surface area contributed by atoms with Crippen LogP contribution < -0.4 is 5.73 Å². The summed E-state index contributed by atoms with van der Waals surface area (Å²) in [6.07, 6.45) is 0.